The lowest BCUT2D eigenvalue weighted by Crippen LogP contribution is -2.08. The van der Waals surface area contributed by atoms with Crippen LogP contribution < -0.4 is 5.32 Å². The van der Waals surface area contributed by atoms with Crippen molar-refractivity contribution in [2.75, 3.05) is 11.9 Å². The van der Waals surface area contributed by atoms with Crippen LogP contribution in [0.1, 0.15) is 11.5 Å². The quantitative estimate of drug-likeness (QED) is 0.791. The van der Waals surface area contributed by atoms with Gasteiger partial charge >= 0.3 is 6.18 Å². The molecule has 21 heavy (non-hydrogen) atoms. The first-order chi connectivity index (χ1) is 10.0. The molecule has 10 heteroatoms. The number of halogens is 3. The van der Waals surface area contributed by atoms with Crippen LogP contribution >= 0.6 is 0 Å². The van der Waals surface area contributed by atoms with Gasteiger partial charge < -0.3 is 9.84 Å². The van der Waals surface area contributed by atoms with Crippen molar-refractivity contribution in [1.82, 2.24) is 24.7 Å². The fourth-order valence-corrected chi connectivity index (χ4v) is 1.79. The highest BCUT2D eigenvalue weighted by Gasteiger charge is 2.34. The van der Waals surface area contributed by atoms with E-state index in [0.29, 0.717) is 24.6 Å². The first-order valence-corrected chi connectivity index (χ1v) is 5.95. The molecule has 0 radical (unpaired) electrons. The number of nitrogens with one attached hydrogen (secondary N) is 1. The average molecular weight is 298 g/mol. The number of fused-ring (bicyclic) bond motifs is 1. The lowest BCUT2D eigenvalue weighted by atomic mass is 10.3. The van der Waals surface area contributed by atoms with E-state index in [-0.39, 0.29) is 5.52 Å². The minimum atomic E-state index is -4.49. The van der Waals surface area contributed by atoms with E-state index in [9.17, 15) is 13.2 Å². The second-order valence-corrected chi connectivity index (χ2v) is 4.16. The lowest BCUT2D eigenvalue weighted by Gasteiger charge is -2.04. The maximum atomic E-state index is 12.7. The highest BCUT2D eigenvalue weighted by atomic mass is 19.4. The van der Waals surface area contributed by atoms with Crippen molar-refractivity contribution in [2.24, 2.45) is 0 Å². The van der Waals surface area contributed by atoms with Crippen molar-refractivity contribution in [2.45, 2.75) is 12.6 Å². The molecule has 3 aromatic heterocycles. The average Bonchev–Trinajstić information content (AvgIpc) is 3.06. The van der Waals surface area contributed by atoms with Gasteiger partial charge in [0.05, 0.1) is 0 Å². The smallest absolute Gasteiger partial charge is 0.368 e. The van der Waals surface area contributed by atoms with Crippen LogP contribution in [0.2, 0.25) is 0 Å². The Morgan fingerprint density at radius 1 is 1.29 bits per heavy atom. The molecule has 0 amide bonds. The van der Waals surface area contributed by atoms with Crippen molar-refractivity contribution in [3.63, 3.8) is 0 Å². The van der Waals surface area contributed by atoms with Gasteiger partial charge in [-0.25, -0.2) is 9.50 Å². The number of hydrogen-bond donors (Lipinski definition) is 1. The summed E-state index contributed by atoms with van der Waals surface area (Å²) in [6.45, 7) is 0.402. The zero-order valence-electron chi connectivity index (χ0n) is 10.5. The molecular formula is C11H9F3N6O. The van der Waals surface area contributed by atoms with E-state index in [2.05, 4.69) is 30.1 Å². The van der Waals surface area contributed by atoms with Crippen molar-refractivity contribution in [1.29, 1.82) is 0 Å². The van der Waals surface area contributed by atoms with Gasteiger partial charge in [-0.2, -0.15) is 23.3 Å². The molecule has 1 N–H and O–H groups in total. The summed E-state index contributed by atoms with van der Waals surface area (Å²) >= 11 is 0. The summed E-state index contributed by atoms with van der Waals surface area (Å²) in [6.07, 6.45) is -0.0971. The largest absolute Gasteiger partial charge is 0.435 e. The van der Waals surface area contributed by atoms with Gasteiger partial charge in [0.2, 0.25) is 6.39 Å². The SMILES string of the molecule is FC(F)(F)c1cc2c(NCCc3ncon3)nccn2n1. The highest BCUT2D eigenvalue weighted by Crippen LogP contribution is 2.29. The Bertz CT molecular complexity index is 736. The molecule has 0 aliphatic rings. The van der Waals surface area contributed by atoms with Gasteiger partial charge in [0.25, 0.3) is 0 Å². The Morgan fingerprint density at radius 3 is 2.86 bits per heavy atom. The predicted octanol–water partition coefficient (Wildman–Crippen LogP) is 1.79. The molecule has 3 aromatic rings. The van der Waals surface area contributed by atoms with Crippen LogP contribution in [-0.4, -0.2) is 31.3 Å². The van der Waals surface area contributed by atoms with Gasteiger partial charge in [-0.15, -0.1) is 0 Å². The number of nitrogens with zero attached hydrogens (tertiary/aromatic N) is 5. The molecule has 0 aliphatic carbocycles. The molecular weight excluding hydrogens is 289 g/mol. The number of hydrogen-bond acceptors (Lipinski definition) is 6. The van der Waals surface area contributed by atoms with Crippen molar-refractivity contribution < 1.29 is 17.7 Å². The number of anilines is 1. The molecule has 110 valence electrons. The van der Waals surface area contributed by atoms with Gasteiger partial charge in [0, 0.05) is 31.4 Å². The zero-order chi connectivity index (χ0) is 14.9. The third-order valence-electron chi connectivity index (χ3n) is 2.73. The van der Waals surface area contributed by atoms with Crippen LogP contribution in [0.25, 0.3) is 5.52 Å². The third kappa shape index (κ3) is 2.78. The minimum absolute atomic E-state index is 0.248. The van der Waals surface area contributed by atoms with E-state index in [0.717, 1.165) is 10.6 Å². The van der Waals surface area contributed by atoms with E-state index < -0.39 is 11.9 Å². The van der Waals surface area contributed by atoms with Gasteiger partial charge in [0.15, 0.2) is 17.3 Å². The molecule has 7 nitrogen and oxygen atoms in total. The minimum Gasteiger partial charge on any atom is -0.368 e. The Morgan fingerprint density at radius 2 is 2.14 bits per heavy atom. The van der Waals surface area contributed by atoms with Crippen LogP contribution in [0.4, 0.5) is 19.0 Å². The second-order valence-electron chi connectivity index (χ2n) is 4.16. The molecule has 3 heterocycles. The maximum Gasteiger partial charge on any atom is 0.435 e. The van der Waals surface area contributed by atoms with Crippen LogP contribution in [0.15, 0.2) is 29.4 Å². The number of alkyl halides is 3. The van der Waals surface area contributed by atoms with Crippen molar-refractivity contribution in [3.05, 3.63) is 36.4 Å². The summed E-state index contributed by atoms with van der Waals surface area (Å²) in [5.74, 6) is 0.808. The molecule has 0 spiro atoms. The summed E-state index contributed by atoms with van der Waals surface area (Å²) in [5, 5.41) is 10.0. The van der Waals surface area contributed by atoms with Crippen LogP contribution in [0.3, 0.4) is 0 Å². The molecule has 0 saturated heterocycles. The Balaban J connectivity index is 1.80. The topological polar surface area (TPSA) is 81.1 Å². The number of aromatic nitrogens is 5. The van der Waals surface area contributed by atoms with Gasteiger partial charge in [-0.1, -0.05) is 5.16 Å². The molecule has 0 aromatic carbocycles. The summed E-state index contributed by atoms with van der Waals surface area (Å²) in [4.78, 5) is 7.86. The first kappa shape index (κ1) is 13.3. The standard InChI is InChI=1S/C11H9F3N6O/c12-11(13,14)8-5-7-10(16-3-4-20(7)18-8)15-2-1-9-17-6-21-19-9/h3-6H,1-2H2,(H,15,16). The van der Waals surface area contributed by atoms with E-state index >= 15 is 0 Å². The molecule has 0 aliphatic heterocycles. The Hall–Kier alpha value is -2.65. The summed E-state index contributed by atoms with van der Waals surface area (Å²) in [6, 6.07) is 0.948. The predicted molar refractivity (Wildman–Crippen MR) is 64.5 cm³/mol. The van der Waals surface area contributed by atoms with E-state index in [1.807, 2.05) is 0 Å². The summed E-state index contributed by atoms with van der Waals surface area (Å²) < 4.78 is 43.7. The third-order valence-corrected chi connectivity index (χ3v) is 2.73. The van der Waals surface area contributed by atoms with Gasteiger partial charge in [-0.3, -0.25) is 0 Å². The zero-order valence-corrected chi connectivity index (χ0v) is 10.5. The van der Waals surface area contributed by atoms with Crippen LogP contribution in [0, 0.1) is 0 Å². The van der Waals surface area contributed by atoms with Crippen molar-refractivity contribution >= 4 is 11.3 Å². The van der Waals surface area contributed by atoms with E-state index in [1.54, 1.807) is 0 Å². The van der Waals surface area contributed by atoms with Crippen molar-refractivity contribution in [3.8, 4) is 0 Å². The molecule has 0 saturated carbocycles. The maximum absolute atomic E-state index is 12.7. The van der Waals surface area contributed by atoms with Gasteiger partial charge in [0.1, 0.15) is 5.52 Å². The highest BCUT2D eigenvalue weighted by molar-refractivity contribution is 5.67. The van der Waals surface area contributed by atoms with Gasteiger partial charge in [-0.05, 0) is 0 Å². The fourth-order valence-electron chi connectivity index (χ4n) is 1.79. The molecule has 0 unspecified atom stereocenters. The summed E-state index contributed by atoms with van der Waals surface area (Å²) in [5.41, 5.74) is -0.713. The number of rotatable bonds is 4. The lowest BCUT2D eigenvalue weighted by molar-refractivity contribution is -0.141. The van der Waals surface area contributed by atoms with E-state index in [1.165, 1.54) is 18.8 Å². The van der Waals surface area contributed by atoms with Crippen LogP contribution in [0.5, 0.6) is 0 Å². The Labute approximate surface area is 115 Å². The van der Waals surface area contributed by atoms with E-state index in [4.69, 9.17) is 0 Å². The fraction of sp³-hybridized carbons (Fsp3) is 0.273. The monoisotopic (exact) mass is 298 g/mol. The molecule has 0 bridgehead atoms. The molecule has 3 rings (SSSR count). The molecule has 0 fully saturated rings. The normalized spacial score (nSPS) is 12.0. The molecule has 0 atom stereocenters. The second kappa shape index (κ2) is 5.04. The first-order valence-electron chi connectivity index (χ1n) is 5.95. The Kier molecular flexibility index (Phi) is 3.20. The summed E-state index contributed by atoms with van der Waals surface area (Å²) in [7, 11) is 0. The van der Waals surface area contributed by atoms with Crippen LogP contribution in [-0.2, 0) is 12.6 Å².